The second kappa shape index (κ2) is 6.72. The highest BCUT2D eigenvalue weighted by atomic mass is 16.5. The van der Waals surface area contributed by atoms with Crippen LogP contribution in [0.5, 0.6) is 5.75 Å². The SMILES string of the molecule is COc1ccccc1CN1CCN(C(=O)[C@H](C)N)CC1. The highest BCUT2D eigenvalue weighted by Crippen LogP contribution is 2.19. The zero-order valence-corrected chi connectivity index (χ0v) is 12.2. The van der Waals surface area contributed by atoms with Crippen molar-refractivity contribution in [3.05, 3.63) is 29.8 Å². The Hall–Kier alpha value is -1.59. The van der Waals surface area contributed by atoms with Crippen LogP contribution in [-0.2, 0) is 11.3 Å². The number of benzene rings is 1. The molecule has 1 aliphatic heterocycles. The molecule has 20 heavy (non-hydrogen) atoms. The maximum absolute atomic E-state index is 11.8. The molecule has 0 radical (unpaired) electrons. The van der Waals surface area contributed by atoms with Gasteiger partial charge in [-0.1, -0.05) is 18.2 Å². The number of methoxy groups -OCH3 is 1. The number of piperazine rings is 1. The fourth-order valence-corrected chi connectivity index (χ4v) is 2.49. The van der Waals surface area contributed by atoms with Crippen molar-refractivity contribution in [2.24, 2.45) is 5.73 Å². The van der Waals surface area contributed by atoms with Crippen LogP contribution in [0.15, 0.2) is 24.3 Å². The Balaban J connectivity index is 1.90. The molecule has 1 atom stereocenters. The number of hydrogen-bond donors (Lipinski definition) is 1. The standard InChI is InChI=1S/C15H23N3O2/c1-12(16)15(19)18-9-7-17(8-10-18)11-13-5-3-4-6-14(13)20-2/h3-6,12H,7-11,16H2,1-2H3/t12-/m0/s1. The fourth-order valence-electron chi connectivity index (χ4n) is 2.49. The summed E-state index contributed by atoms with van der Waals surface area (Å²) in [4.78, 5) is 16.0. The third-order valence-corrected chi connectivity index (χ3v) is 3.66. The van der Waals surface area contributed by atoms with Crippen molar-refractivity contribution in [1.29, 1.82) is 0 Å². The van der Waals surface area contributed by atoms with Gasteiger partial charge in [-0.15, -0.1) is 0 Å². The zero-order chi connectivity index (χ0) is 14.5. The van der Waals surface area contributed by atoms with E-state index < -0.39 is 6.04 Å². The van der Waals surface area contributed by atoms with Crippen molar-refractivity contribution in [3.8, 4) is 5.75 Å². The molecule has 1 amide bonds. The molecule has 1 aromatic rings. The molecule has 2 N–H and O–H groups in total. The van der Waals surface area contributed by atoms with Gasteiger partial charge in [0.2, 0.25) is 5.91 Å². The van der Waals surface area contributed by atoms with Gasteiger partial charge in [-0.25, -0.2) is 0 Å². The lowest BCUT2D eigenvalue weighted by molar-refractivity contribution is -0.134. The molecule has 0 aliphatic carbocycles. The first-order valence-corrected chi connectivity index (χ1v) is 7.00. The zero-order valence-electron chi connectivity index (χ0n) is 12.2. The predicted molar refractivity (Wildman–Crippen MR) is 78.5 cm³/mol. The van der Waals surface area contributed by atoms with E-state index in [2.05, 4.69) is 11.0 Å². The summed E-state index contributed by atoms with van der Waals surface area (Å²) in [5.74, 6) is 0.962. The minimum Gasteiger partial charge on any atom is -0.496 e. The van der Waals surface area contributed by atoms with Crippen LogP contribution in [0.4, 0.5) is 0 Å². The van der Waals surface area contributed by atoms with E-state index in [1.807, 2.05) is 23.1 Å². The van der Waals surface area contributed by atoms with Gasteiger partial charge in [0.1, 0.15) is 5.75 Å². The Bertz CT molecular complexity index is 454. The van der Waals surface area contributed by atoms with Crippen LogP contribution in [0.25, 0.3) is 0 Å². The van der Waals surface area contributed by atoms with Gasteiger partial charge in [-0.05, 0) is 13.0 Å². The van der Waals surface area contributed by atoms with E-state index in [-0.39, 0.29) is 5.91 Å². The first-order valence-electron chi connectivity index (χ1n) is 7.00. The van der Waals surface area contributed by atoms with Crippen LogP contribution in [0.2, 0.25) is 0 Å². The van der Waals surface area contributed by atoms with E-state index in [0.29, 0.717) is 0 Å². The average molecular weight is 277 g/mol. The summed E-state index contributed by atoms with van der Waals surface area (Å²) in [6.07, 6.45) is 0. The van der Waals surface area contributed by atoms with Gasteiger partial charge < -0.3 is 15.4 Å². The first kappa shape index (κ1) is 14.8. The fraction of sp³-hybridized carbons (Fsp3) is 0.533. The maximum Gasteiger partial charge on any atom is 0.239 e. The average Bonchev–Trinajstić information content (AvgIpc) is 2.48. The van der Waals surface area contributed by atoms with Crippen LogP contribution < -0.4 is 10.5 Å². The smallest absolute Gasteiger partial charge is 0.239 e. The summed E-state index contributed by atoms with van der Waals surface area (Å²) in [6, 6.07) is 7.65. The Morgan fingerprint density at radius 1 is 1.30 bits per heavy atom. The Kier molecular flexibility index (Phi) is 4.98. The van der Waals surface area contributed by atoms with Gasteiger partial charge in [0.15, 0.2) is 0 Å². The van der Waals surface area contributed by atoms with Gasteiger partial charge >= 0.3 is 0 Å². The summed E-state index contributed by atoms with van der Waals surface area (Å²) >= 11 is 0. The van der Waals surface area contributed by atoms with Crippen LogP contribution in [-0.4, -0.2) is 55.0 Å². The lowest BCUT2D eigenvalue weighted by Gasteiger charge is -2.35. The van der Waals surface area contributed by atoms with Crippen molar-refractivity contribution >= 4 is 5.91 Å². The number of para-hydroxylation sites is 1. The number of carbonyl (C=O) groups excluding carboxylic acids is 1. The number of carbonyl (C=O) groups is 1. The largest absolute Gasteiger partial charge is 0.496 e. The number of nitrogens with zero attached hydrogens (tertiary/aromatic N) is 2. The van der Waals surface area contributed by atoms with Crippen LogP contribution in [0, 0.1) is 0 Å². The molecule has 0 bridgehead atoms. The number of rotatable bonds is 4. The maximum atomic E-state index is 11.8. The third-order valence-electron chi connectivity index (χ3n) is 3.66. The van der Waals surface area contributed by atoms with Crippen molar-refractivity contribution < 1.29 is 9.53 Å². The molecule has 2 rings (SSSR count). The van der Waals surface area contributed by atoms with Gasteiger partial charge in [-0.2, -0.15) is 0 Å². The van der Waals surface area contributed by atoms with Gasteiger partial charge in [-0.3, -0.25) is 9.69 Å². The lowest BCUT2D eigenvalue weighted by Crippen LogP contribution is -2.52. The molecule has 5 nitrogen and oxygen atoms in total. The molecular formula is C15H23N3O2. The predicted octanol–water partition coefficient (Wildman–Crippen LogP) is 0.687. The van der Waals surface area contributed by atoms with Crippen LogP contribution >= 0.6 is 0 Å². The molecule has 110 valence electrons. The minimum atomic E-state index is -0.407. The van der Waals surface area contributed by atoms with Crippen molar-refractivity contribution in [2.75, 3.05) is 33.3 Å². The van der Waals surface area contributed by atoms with Crippen LogP contribution in [0.3, 0.4) is 0 Å². The van der Waals surface area contributed by atoms with E-state index in [1.165, 1.54) is 5.56 Å². The molecule has 1 aliphatic rings. The quantitative estimate of drug-likeness (QED) is 0.879. The molecule has 0 aromatic heterocycles. The second-order valence-corrected chi connectivity index (χ2v) is 5.20. The van der Waals surface area contributed by atoms with E-state index >= 15 is 0 Å². The number of nitrogens with two attached hydrogens (primary N) is 1. The van der Waals surface area contributed by atoms with Crippen molar-refractivity contribution in [1.82, 2.24) is 9.80 Å². The van der Waals surface area contributed by atoms with Gasteiger partial charge in [0.05, 0.1) is 13.2 Å². The van der Waals surface area contributed by atoms with E-state index in [4.69, 9.17) is 10.5 Å². The highest BCUT2D eigenvalue weighted by Gasteiger charge is 2.23. The topological polar surface area (TPSA) is 58.8 Å². The van der Waals surface area contributed by atoms with E-state index in [0.717, 1.165) is 38.5 Å². The van der Waals surface area contributed by atoms with Crippen molar-refractivity contribution in [3.63, 3.8) is 0 Å². The normalized spacial score (nSPS) is 17.9. The molecule has 0 spiro atoms. The molecule has 1 saturated heterocycles. The third kappa shape index (κ3) is 3.49. The molecule has 0 saturated carbocycles. The lowest BCUT2D eigenvalue weighted by atomic mass is 10.1. The van der Waals surface area contributed by atoms with Gasteiger partial charge in [0, 0.05) is 38.3 Å². The summed E-state index contributed by atoms with van der Waals surface area (Å²) in [5.41, 5.74) is 6.82. The Morgan fingerprint density at radius 2 is 1.95 bits per heavy atom. The molecule has 1 heterocycles. The van der Waals surface area contributed by atoms with E-state index in [9.17, 15) is 4.79 Å². The Labute approximate surface area is 120 Å². The summed E-state index contributed by atoms with van der Waals surface area (Å²) in [5, 5.41) is 0. The van der Waals surface area contributed by atoms with Crippen LogP contribution in [0.1, 0.15) is 12.5 Å². The second-order valence-electron chi connectivity index (χ2n) is 5.20. The van der Waals surface area contributed by atoms with Crippen molar-refractivity contribution in [2.45, 2.75) is 19.5 Å². The van der Waals surface area contributed by atoms with E-state index in [1.54, 1.807) is 14.0 Å². The van der Waals surface area contributed by atoms with Gasteiger partial charge in [0.25, 0.3) is 0 Å². The first-order chi connectivity index (χ1) is 9.61. The monoisotopic (exact) mass is 277 g/mol. The summed E-state index contributed by atoms with van der Waals surface area (Å²) in [6.45, 7) is 5.83. The summed E-state index contributed by atoms with van der Waals surface area (Å²) < 4.78 is 5.37. The number of amides is 1. The molecule has 1 aromatic carbocycles. The highest BCUT2D eigenvalue weighted by molar-refractivity contribution is 5.81. The molecule has 0 unspecified atom stereocenters. The minimum absolute atomic E-state index is 0.0435. The molecule has 1 fully saturated rings. The summed E-state index contributed by atoms with van der Waals surface area (Å²) in [7, 11) is 1.69. The molecule has 5 heteroatoms. The number of ether oxygens (including phenoxy) is 1. The molecular weight excluding hydrogens is 254 g/mol. The Morgan fingerprint density at radius 3 is 2.55 bits per heavy atom. The number of hydrogen-bond acceptors (Lipinski definition) is 4.